The standard InChI is InChI=1S/C22H31N3O4/c1-3-29-21(27)16-9-12-24(13-10-16)20(26)18-7-4-6-17(14-18)19-8-5-11-25(15-19)22(28)23-2/h4,6-7,14,16,19H,3,5,8-13,15H2,1-2H3,(H,23,28)/t19-/m0/s1. The number of rotatable bonds is 4. The van der Waals surface area contributed by atoms with Crippen molar-refractivity contribution in [1.29, 1.82) is 0 Å². The summed E-state index contributed by atoms with van der Waals surface area (Å²) in [6.07, 6.45) is 3.26. The quantitative estimate of drug-likeness (QED) is 0.787. The molecule has 1 N–H and O–H groups in total. The fourth-order valence-electron chi connectivity index (χ4n) is 4.28. The van der Waals surface area contributed by atoms with E-state index in [1.54, 1.807) is 7.05 Å². The average molecular weight is 402 g/mol. The number of hydrogen-bond donors (Lipinski definition) is 1. The summed E-state index contributed by atoms with van der Waals surface area (Å²) in [5.74, 6) is -0.0145. The third-order valence-electron chi connectivity index (χ3n) is 5.93. The molecule has 2 heterocycles. The van der Waals surface area contributed by atoms with Gasteiger partial charge in [0.2, 0.25) is 0 Å². The van der Waals surface area contributed by atoms with Gasteiger partial charge in [-0.1, -0.05) is 12.1 Å². The SMILES string of the molecule is CCOC(=O)C1CCN(C(=O)c2cccc([C@H]3CCCN(C(=O)NC)C3)c2)CC1. The van der Waals surface area contributed by atoms with Crippen LogP contribution in [-0.2, 0) is 9.53 Å². The number of nitrogens with one attached hydrogen (secondary N) is 1. The molecule has 0 aromatic heterocycles. The van der Waals surface area contributed by atoms with Gasteiger partial charge in [-0.05, 0) is 50.3 Å². The summed E-state index contributed by atoms with van der Waals surface area (Å²) >= 11 is 0. The number of piperidine rings is 2. The van der Waals surface area contributed by atoms with Crippen LogP contribution in [0.5, 0.6) is 0 Å². The summed E-state index contributed by atoms with van der Waals surface area (Å²) in [5, 5.41) is 2.69. The zero-order chi connectivity index (χ0) is 20.8. The molecule has 3 rings (SSSR count). The second kappa shape index (κ2) is 9.76. The number of amides is 3. The van der Waals surface area contributed by atoms with Crippen LogP contribution >= 0.6 is 0 Å². The van der Waals surface area contributed by atoms with Gasteiger partial charge in [0.25, 0.3) is 5.91 Å². The molecular weight excluding hydrogens is 370 g/mol. The highest BCUT2D eigenvalue weighted by Gasteiger charge is 2.29. The van der Waals surface area contributed by atoms with Crippen LogP contribution in [-0.4, -0.2) is 67.5 Å². The summed E-state index contributed by atoms with van der Waals surface area (Å²) in [5.41, 5.74) is 1.78. The monoisotopic (exact) mass is 401 g/mol. The number of carbonyl (C=O) groups excluding carboxylic acids is 3. The number of ether oxygens (including phenoxy) is 1. The molecule has 1 aromatic carbocycles. The van der Waals surface area contributed by atoms with Crippen molar-refractivity contribution >= 4 is 17.9 Å². The third-order valence-corrected chi connectivity index (χ3v) is 5.93. The predicted molar refractivity (Wildman–Crippen MR) is 110 cm³/mol. The Bertz CT molecular complexity index is 743. The molecule has 1 aromatic rings. The van der Waals surface area contributed by atoms with Crippen LogP contribution in [0.15, 0.2) is 24.3 Å². The molecule has 158 valence electrons. The van der Waals surface area contributed by atoms with Gasteiger partial charge in [-0.2, -0.15) is 0 Å². The van der Waals surface area contributed by atoms with Gasteiger partial charge in [-0.15, -0.1) is 0 Å². The largest absolute Gasteiger partial charge is 0.466 e. The van der Waals surface area contributed by atoms with E-state index < -0.39 is 0 Å². The summed E-state index contributed by atoms with van der Waals surface area (Å²) in [4.78, 5) is 40.5. The van der Waals surface area contributed by atoms with Gasteiger partial charge < -0.3 is 19.9 Å². The van der Waals surface area contributed by atoms with Crippen LogP contribution in [0.2, 0.25) is 0 Å². The van der Waals surface area contributed by atoms with Crippen LogP contribution < -0.4 is 5.32 Å². The van der Waals surface area contributed by atoms with E-state index in [1.165, 1.54) is 0 Å². The molecule has 2 saturated heterocycles. The lowest BCUT2D eigenvalue weighted by Crippen LogP contribution is -2.43. The molecule has 1 atom stereocenters. The highest BCUT2D eigenvalue weighted by atomic mass is 16.5. The maximum absolute atomic E-state index is 13.0. The van der Waals surface area contributed by atoms with Gasteiger partial charge in [0.15, 0.2) is 0 Å². The van der Waals surface area contributed by atoms with Crippen molar-refractivity contribution in [1.82, 2.24) is 15.1 Å². The summed E-state index contributed by atoms with van der Waals surface area (Å²) < 4.78 is 5.10. The van der Waals surface area contributed by atoms with E-state index in [9.17, 15) is 14.4 Å². The molecule has 29 heavy (non-hydrogen) atoms. The number of likely N-dealkylation sites (tertiary alicyclic amines) is 2. The molecule has 2 aliphatic rings. The molecular formula is C22H31N3O4. The topological polar surface area (TPSA) is 79.0 Å². The number of hydrogen-bond acceptors (Lipinski definition) is 4. The normalized spacial score (nSPS) is 20.3. The third kappa shape index (κ3) is 5.08. The maximum Gasteiger partial charge on any atom is 0.317 e. The van der Waals surface area contributed by atoms with E-state index in [4.69, 9.17) is 4.74 Å². The Kier molecular flexibility index (Phi) is 7.12. The van der Waals surface area contributed by atoms with Gasteiger partial charge in [-0.25, -0.2) is 4.79 Å². The fourth-order valence-corrected chi connectivity index (χ4v) is 4.28. The summed E-state index contributed by atoms with van der Waals surface area (Å²) in [7, 11) is 1.65. The molecule has 7 heteroatoms. The zero-order valence-electron chi connectivity index (χ0n) is 17.4. The summed E-state index contributed by atoms with van der Waals surface area (Å²) in [6, 6.07) is 7.74. The smallest absolute Gasteiger partial charge is 0.317 e. The number of esters is 1. The number of urea groups is 1. The summed E-state index contributed by atoms with van der Waals surface area (Å²) in [6.45, 7) is 4.78. The minimum absolute atomic E-state index is 0.00752. The number of carbonyl (C=O) groups is 3. The first-order valence-electron chi connectivity index (χ1n) is 10.6. The van der Waals surface area contributed by atoms with E-state index in [-0.39, 0.29) is 29.7 Å². The van der Waals surface area contributed by atoms with Crippen molar-refractivity contribution < 1.29 is 19.1 Å². The van der Waals surface area contributed by atoms with Crippen LogP contribution in [0, 0.1) is 5.92 Å². The van der Waals surface area contributed by atoms with E-state index >= 15 is 0 Å². The zero-order valence-corrected chi connectivity index (χ0v) is 17.4. The molecule has 0 aliphatic carbocycles. The second-order valence-electron chi connectivity index (χ2n) is 7.78. The van der Waals surface area contributed by atoms with E-state index in [0.717, 1.165) is 24.9 Å². The first-order chi connectivity index (χ1) is 14.0. The Morgan fingerprint density at radius 3 is 2.55 bits per heavy atom. The first-order valence-corrected chi connectivity index (χ1v) is 10.6. The lowest BCUT2D eigenvalue weighted by atomic mass is 9.89. The second-order valence-corrected chi connectivity index (χ2v) is 7.78. The number of nitrogens with zero attached hydrogens (tertiary/aromatic N) is 2. The van der Waals surface area contributed by atoms with Gasteiger partial charge in [0, 0.05) is 44.7 Å². The molecule has 2 fully saturated rings. The van der Waals surface area contributed by atoms with Crippen molar-refractivity contribution in [3.63, 3.8) is 0 Å². The fraction of sp³-hybridized carbons (Fsp3) is 0.591. The van der Waals surface area contributed by atoms with E-state index in [2.05, 4.69) is 5.32 Å². The highest BCUT2D eigenvalue weighted by molar-refractivity contribution is 5.94. The first kappa shape index (κ1) is 21.1. The van der Waals surface area contributed by atoms with Crippen LogP contribution in [0.3, 0.4) is 0 Å². The van der Waals surface area contributed by atoms with Crippen molar-refractivity contribution in [3.05, 3.63) is 35.4 Å². The van der Waals surface area contributed by atoms with Crippen LogP contribution in [0.1, 0.15) is 54.4 Å². The van der Waals surface area contributed by atoms with Crippen molar-refractivity contribution in [2.45, 2.75) is 38.5 Å². The predicted octanol–water partition coefficient (Wildman–Crippen LogP) is 2.62. The van der Waals surface area contributed by atoms with Gasteiger partial charge in [0.05, 0.1) is 12.5 Å². The molecule has 0 bridgehead atoms. The Hall–Kier alpha value is -2.57. The molecule has 0 spiro atoms. The molecule has 0 saturated carbocycles. The molecule has 7 nitrogen and oxygen atoms in total. The minimum atomic E-state index is -0.153. The van der Waals surface area contributed by atoms with E-state index in [0.29, 0.717) is 44.6 Å². The Labute approximate surface area is 172 Å². The van der Waals surface area contributed by atoms with Crippen molar-refractivity contribution in [3.8, 4) is 0 Å². The van der Waals surface area contributed by atoms with Gasteiger partial charge in [-0.3, -0.25) is 9.59 Å². The van der Waals surface area contributed by atoms with Crippen LogP contribution in [0.25, 0.3) is 0 Å². The number of benzene rings is 1. The maximum atomic E-state index is 13.0. The lowest BCUT2D eigenvalue weighted by Gasteiger charge is -2.33. The Balaban J connectivity index is 1.63. The van der Waals surface area contributed by atoms with Crippen molar-refractivity contribution in [2.24, 2.45) is 5.92 Å². The Morgan fingerprint density at radius 2 is 1.86 bits per heavy atom. The minimum Gasteiger partial charge on any atom is -0.466 e. The van der Waals surface area contributed by atoms with Crippen molar-refractivity contribution in [2.75, 3.05) is 39.8 Å². The molecule has 0 unspecified atom stereocenters. The molecule has 2 aliphatic heterocycles. The average Bonchev–Trinajstić information content (AvgIpc) is 2.78. The lowest BCUT2D eigenvalue weighted by molar-refractivity contribution is -0.149. The Morgan fingerprint density at radius 1 is 1.10 bits per heavy atom. The molecule has 0 radical (unpaired) electrons. The van der Waals surface area contributed by atoms with Crippen LogP contribution in [0.4, 0.5) is 4.79 Å². The van der Waals surface area contributed by atoms with E-state index in [1.807, 2.05) is 41.0 Å². The molecule has 3 amide bonds. The van der Waals surface area contributed by atoms with Gasteiger partial charge >= 0.3 is 12.0 Å². The highest BCUT2D eigenvalue weighted by Crippen LogP contribution is 2.28. The van der Waals surface area contributed by atoms with Gasteiger partial charge in [0.1, 0.15) is 0 Å².